The third kappa shape index (κ3) is 8.20. The predicted octanol–water partition coefficient (Wildman–Crippen LogP) is 3.87. The number of methoxy groups -OCH3 is 1. The Morgan fingerprint density at radius 1 is 1.09 bits per heavy atom. The van der Waals surface area contributed by atoms with Crippen molar-refractivity contribution in [2.75, 3.05) is 12.4 Å². The zero-order chi connectivity index (χ0) is 24.4. The molecule has 0 bridgehead atoms. The van der Waals surface area contributed by atoms with E-state index < -0.39 is 17.9 Å². The minimum absolute atomic E-state index is 0.0293. The fourth-order valence-corrected chi connectivity index (χ4v) is 4.33. The van der Waals surface area contributed by atoms with Crippen LogP contribution >= 0.6 is 0 Å². The highest BCUT2D eigenvalue weighted by Gasteiger charge is 2.33. The van der Waals surface area contributed by atoms with Gasteiger partial charge in [0.25, 0.3) is 0 Å². The molecule has 0 saturated heterocycles. The van der Waals surface area contributed by atoms with Crippen LogP contribution in [0.3, 0.4) is 0 Å². The van der Waals surface area contributed by atoms with Crippen LogP contribution in [0.25, 0.3) is 5.76 Å². The Bertz CT molecular complexity index is 816. The summed E-state index contributed by atoms with van der Waals surface area (Å²) in [7, 11) is 1.55. The molecule has 1 aromatic rings. The van der Waals surface area contributed by atoms with E-state index in [1.54, 1.807) is 24.7 Å². The maximum Gasteiger partial charge on any atom is 0.247 e. The van der Waals surface area contributed by atoms with E-state index in [4.69, 9.17) is 9.94 Å². The molecule has 0 aliphatic heterocycles. The third-order valence-electron chi connectivity index (χ3n) is 6.11. The Kier molecular flexibility index (Phi) is 10.4. The van der Waals surface area contributed by atoms with Gasteiger partial charge in [0.1, 0.15) is 11.8 Å². The van der Waals surface area contributed by atoms with Crippen LogP contribution in [-0.2, 0) is 19.1 Å². The van der Waals surface area contributed by atoms with Crippen LogP contribution in [0.1, 0.15) is 64.4 Å². The van der Waals surface area contributed by atoms with Crippen molar-refractivity contribution < 1.29 is 24.3 Å². The van der Waals surface area contributed by atoms with E-state index in [2.05, 4.69) is 17.2 Å². The van der Waals surface area contributed by atoms with Gasteiger partial charge in [-0.2, -0.15) is 0 Å². The quantitative estimate of drug-likeness (QED) is 0.228. The zero-order valence-corrected chi connectivity index (χ0v) is 19.9. The zero-order valence-electron chi connectivity index (χ0n) is 19.9. The molecule has 1 aliphatic carbocycles. The van der Waals surface area contributed by atoms with E-state index >= 15 is 0 Å². The summed E-state index contributed by atoms with van der Waals surface area (Å²) in [6.07, 6.45) is 5.21. The summed E-state index contributed by atoms with van der Waals surface area (Å²) in [5, 5.41) is 14.7. The van der Waals surface area contributed by atoms with Crippen LogP contribution in [0.4, 0.5) is 5.69 Å². The van der Waals surface area contributed by atoms with E-state index in [0.717, 1.165) is 37.7 Å². The molecule has 0 heterocycles. The molecule has 0 spiro atoms. The number of carbonyl (C=O) groups excluding carboxylic acids is 3. The molecule has 0 unspecified atom stereocenters. The van der Waals surface area contributed by atoms with Crippen molar-refractivity contribution in [2.45, 2.75) is 64.8 Å². The number of hydrogen-bond donors (Lipinski definition) is 4. The Hall–Kier alpha value is -2.87. The summed E-state index contributed by atoms with van der Waals surface area (Å²) >= 11 is 0. The van der Waals surface area contributed by atoms with Crippen LogP contribution in [0.2, 0.25) is 0 Å². The first-order chi connectivity index (χ1) is 15.7. The van der Waals surface area contributed by atoms with Gasteiger partial charge in [-0.1, -0.05) is 39.7 Å². The van der Waals surface area contributed by atoms with Gasteiger partial charge in [0, 0.05) is 23.6 Å². The molecule has 0 aromatic heterocycles. The summed E-state index contributed by atoms with van der Waals surface area (Å²) < 4.78 is 5.13. The van der Waals surface area contributed by atoms with Gasteiger partial charge in [-0.15, -0.1) is 0 Å². The molecule has 1 fully saturated rings. The second kappa shape index (κ2) is 13.0. The number of rotatable bonds is 11. The highest BCUT2D eigenvalue weighted by Crippen LogP contribution is 2.28. The minimum Gasteiger partial charge on any atom is -0.497 e. The van der Waals surface area contributed by atoms with Gasteiger partial charge in [-0.25, -0.2) is 5.48 Å². The third-order valence-corrected chi connectivity index (χ3v) is 6.11. The number of anilines is 1. The van der Waals surface area contributed by atoms with Crippen molar-refractivity contribution in [1.82, 2.24) is 10.8 Å². The molecule has 1 aliphatic rings. The Morgan fingerprint density at radius 2 is 1.73 bits per heavy atom. The molecule has 182 valence electrons. The molecular formula is C25H37N3O5. The molecule has 1 saturated carbocycles. The van der Waals surface area contributed by atoms with Gasteiger partial charge in [0.2, 0.25) is 17.7 Å². The number of amides is 3. The lowest BCUT2D eigenvalue weighted by Crippen LogP contribution is -2.51. The summed E-state index contributed by atoms with van der Waals surface area (Å²) in [6.45, 7) is 7.74. The fourth-order valence-electron chi connectivity index (χ4n) is 4.33. The summed E-state index contributed by atoms with van der Waals surface area (Å²) in [5.41, 5.74) is 3.02. The molecular weight excluding hydrogens is 422 g/mol. The first kappa shape index (κ1) is 26.4. The second-order valence-corrected chi connectivity index (χ2v) is 9.14. The lowest BCUT2D eigenvalue weighted by atomic mass is 9.83. The van der Waals surface area contributed by atoms with Crippen molar-refractivity contribution in [3.8, 4) is 0 Å². The van der Waals surface area contributed by atoms with Crippen molar-refractivity contribution in [2.24, 2.45) is 17.8 Å². The number of hydroxylamine groups is 1. The second-order valence-electron chi connectivity index (χ2n) is 9.14. The average Bonchev–Trinajstić information content (AvgIpc) is 2.81. The summed E-state index contributed by atoms with van der Waals surface area (Å²) in [4.78, 5) is 38.1. The van der Waals surface area contributed by atoms with Gasteiger partial charge in [-0.05, 0) is 55.4 Å². The van der Waals surface area contributed by atoms with Gasteiger partial charge in [0.15, 0.2) is 0 Å². The van der Waals surface area contributed by atoms with E-state index in [9.17, 15) is 14.4 Å². The smallest absolute Gasteiger partial charge is 0.247 e. The van der Waals surface area contributed by atoms with E-state index in [1.165, 1.54) is 0 Å². The molecule has 1 aromatic carbocycles. The molecule has 0 radical (unpaired) electrons. The summed E-state index contributed by atoms with van der Waals surface area (Å²) in [6, 6.07) is 6.46. The molecule has 33 heavy (non-hydrogen) atoms. The van der Waals surface area contributed by atoms with Crippen molar-refractivity contribution in [1.29, 1.82) is 0 Å². The van der Waals surface area contributed by atoms with Gasteiger partial charge < -0.3 is 15.4 Å². The molecule has 8 nitrogen and oxygen atoms in total. The molecule has 4 N–H and O–H groups in total. The molecule has 2 atom stereocenters. The van der Waals surface area contributed by atoms with E-state index in [-0.39, 0.29) is 30.1 Å². The number of nitrogens with one attached hydrogen (secondary N) is 3. The predicted molar refractivity (Wildman–Crippen MR) is 127 cm³/mol. The molecule has 3 amide bonds. The van der Waals surface area contributed by atoms with Crippen molar-refractivity contribution in [3.63, 3.8) is 0 Å². The molecule has 2 rings (SSSR count). The van der Waals surface area contributed by atoms with Crippen LogP contribution in [0.5, 0.6) is 0 Å². The first-order valence-electron chi connectivity index (χ1n) is 11.6. The normalized spacial score (nSPS) is 15.9. The lowest BCUT2D eigenvalue weighted by Gasteiger charge is -2.31. The highest BCUT2D eigenvalue weighted by molar-refractivity contribution is 5.98. The number of benzene rings is 1. The number of ether oxygens (including phenoxy) is 1. The largest absolute Gasteiger partial charge is 0.497 e. The van der Waals surface area contributed by atoms with Crippen LogP contribution in [0, 0.1) is 17.8 Å². The topological polar surface area (TPSA) is 117 Å². The lowest BCUT2D eigenvalue weighted by molar-refractivity contribution is -0.136. The Balaban J connectivity index is 2.17. The van der Waals surface area contributed by atoms with Gasteiger partial charge in [-0.3, -0.25) is 19.6 Å². The maximum absolute atomic E-state index is 13.3. The SMILES string of the molecule is C=C(OC)c1ccc(NC(=O)[C@@H](NC(=O)[C@@H](CC(=O)NO)CC(C)C)C2CCCCC2)cc1. The van der Waals surface area contributed by atoms with Crippen molar-refractivity contribution in [3.05, 3.63) is 36.4 Å². The Labute approximate surface area is 196 Å². The standard InChI is InChI=1S/C25H37N3O5/c1-16(2)14-20(15-22(29)28-32)24(30)27-23(19-8-6-5-7-9-19)25(31)26-21-12-10-18(11-13-21)17(3)33-4/h10-13,16,19-20,23,32H,3,5-9,14-15H2,1-2,4H3,(H,26,31)(H,27,30)(H,28,29)/t20-,23+/m1/s1. The van der Waals surface area contributed by atoms with Gasteiger partial charge in [0.05, 0.1) is 7.11 Å². The monoisotopic (exact) mass is 459 g/mol. The van der Waals surface area contributed by atoms with Crippen molar-refractivity contribution >= 4 is 29.2 Å². The summed E-state index contributed by atoms with van der Waals surface area (Å²) in [5.74, 6) is -1.13. The maximum atomic E-state index is 13.3. The first-order valence-corrected chi connectivity index (χ1v) is 11.6. The average molecular weight is 460 g/mol. The highest BCUT2D eigenvalue weighted by atomic mass is 16.5. The van der Waals surface area contributed by atoms with Crippen LogP contribution in [-0.4, -0.2) is 36.1 Å². The molecule has 8 heteroatoms. The minimum atomic E-state index is -0.696. The van der Waals surface area contributed by atoms with Gasteiger partial charge >= 0.3 is 0 Å². The van der Waals surface area contributed by atoms with Crippen LogP contribution in [0.15, 0.2) is 30.8 Å². The Morgan fingerprint density at radius 3 is 2.27 bits per heavy atom. The number of carbonyl (C=O) groups is 3. The fraction of sp³-hybridized carbons (Fsp3) is 0.560. The van der Waals surface area contributed by atoms with E-state index in [0.29, 0.717) is 17.9 Å². The van der Waals surface area contributed by atoms with Crippen LogP contribution < -0.4 is 16.1 Å². The number of hydrogen-bond acceptors (Lipinski definition) is 5. The van der Waals surface area contributed by atoms with E-state index in [1.807, 2.05) is 26.0 Å².